The van der Waals surface area contributed by atoms with Gasteiger partial charge in [0.25, 0.3) is 5.56 Å². The summed E-state index contributed by atoms with van der Waals surface area (Å²) in [7, 11) is 4.83. The van der Waals surface area contributed by atoms with Crippen molar-refractivity contribution in [2.24, 2.45) is 21.1 Å². The fourth-order valence-corrected chi connectivity index (χ4v) is 4.53. The molecule has 1 aliphatic rings. The summed E-state index contributed by atoms with van der Waals surface area (Å²) in [6.07, 6.45) is 0.538. The Labute approximate surface area is 193 Å². The molecule has 0 unspecified atom stereocenters. The van der Waals surface area contributed by atoms with E-state index in [1.807, 2.05) is 35.9 Å². The number of rotatable bonds is 5. The highest BCUT2D eigenvalue weighted by atomic mass is 16.5. The molecule has 1 aliphatic heterocycles. The van der Waals surface area contributed by atoms with Gasteiger partial charge in [-0.15, -0.1) is 0 Å². The van der Waals surface area contributed by atoms with Crippen LogP contribution in [0.1, 0.15) is 11.9 Å². The number of aromatic nitrogens is 6. The molecule has 0 saturated carbocycles. The van der Waals surface area contributed by atoms with Crippen LogP contribution < -0.4 is 11.2 Å². The standard InChI is InChI=1S/C22H25N7O5/c1-25-14-7-5-4-6-13(14)24-17(25)10-34-11-18(31)28-8-15(16(30)9-28)29-12-23-19-20(29)26(2)22(33)27(3)21(19)32/h4-7,12,15-16,30H,8-11H2,1-3H3/t15-,16-/m0/s1. The third-order valence-electron chi connectivity index (χ3n) is 6.47. The van der Waals surface area contributed by atoms with E-state index in [0.29, 0.717) is 11.5 Å². The highest BCUT2D eigenvalue weighted by Crippen LogP contribution is 2.25. The lowest BCUT2D eigenvalue weighted by molar-refractivity contribution is -0.136. The molecule has 2 atom stereocenters. The van der Waals surface area contributed by atoms with Crippen molar-refractivity contribution in [1.82, 2.24) is 33.1 Å². The lowest BCUT2D eigenvalue weighted by atomic mass is 10.2. The Morgan fingerprint density at radius 2 is 1.88 bits per heavy atom. The van der Waals surface area contributed by atoms with Gasteiger partial charge < -0.3 is 23.9 Å². The molecule has 1 saturated heterocycles. The third kappa shape index (κ3) is 3.42. The number of amides is 1. The summed E-state index contributed by atoms with van der Waals surface area (Å²) in [5.74, 6) is 0.440. The van der Waals surface area contributed by atoms with E-state index in [2.05, 4.69) is 9.97 Å². The number of ether oxygens (including phenoxy) is 1. The number of nitrogens with zero attached hydrogens (tertiary/aromatic N) is 7. The molecule has 12 nitrogen and oxygen atoms in total. The number of aliphatic hydroxyl groups is 1. The zero-order valence-electron chi connectivity index (χ0n) is 19.1. The van der Waals surface area contributed by atoms with Crippen molar-refractivity contribution in [2.75, 3.05) is 19.7 Å². The van der Waals surface area contributed by atoms with Gasteiger partial charge in [-0.25, -0.2) is 14.8 Å². The average molecular weight is 467 g/mol. The highest BCUT2D eigenvalue weighted by Gasteiger charge is 2.36. The number of likely N-dealkylation sites (tertiary alicyclic amines) is 1. The Morgan fingerprint density at radius 3 is 2.65 bits per heavy atom. The quantitative estimate of drug-likeness (QED) is 0.410. The Bertz CT molecular complexity index is 1530. The van der Waals surface area contributed by atoms with Gasteiger partial charge in [0.2, 0.25) is 5.91 Å². The Morgan fingerprint density at radius 1 is 1.12 bits per heavy atom. The van der Waals surface area contributed by atoms with E-state index in [1.54, 1.807) is 11.6 Å². The van der Waals surface area contributed by atoms with Crippen molar-refractivity contribution >= 4 is 28.1 Å². The topological polar surface area (TPSA) is 129 Å². The van der Waals surface area contributed by atoms with Gasteiger partial charge >= 0.3 is 5.69 Å². The second-order valence-corrected chi connectivity index (χ2v) is 8.53. The van der Waals surface area contributed by atoms with Gasteiger partial charge in [0, 0.05) is 34.2 Å². The molecule has 1 N–H and O–H groups in total. The van der Waals surface area contributed by atoms with Gasteiger partial charge in [-0.1, -0.05) is 12.1 Å². The van der Waals surface area contributed by atoms with Crippen molar-refractivity contribution in [1.29, 1.82) is 0 Å². The summed E-state index contributed by atoms with van der Waals surface area (Å²) in [6, 6.07) is 7.19. The first-order valence-corrected chi connectivity index (χ1v) is 10.8. The molecule has 0 bridgehead atoms. The maximum atomic E-state index is 12.8. The SMILES string of the molecule is Cn1c(=O)c2ncn([C@H]3CN(C(=O)COCc4nc5ccccc5n4C)C[C@@H]3O)c2n(C)c1=O. The van der Waals surface area contributed by atoms with Crippen LogP contribution in [0, 0.1) is 0 Å². The first-order valence-electron chi connectivity index (χ1n) is 10.8. The summed E-state index contributed by atoms with van der Waals surface area (Å²) in [6.45, 7) is 0.322. The number of benzene rings is 1. The maximum Gasteiger partial charge on any atom is 0.332 e. The van der Waals surface area contributed by atoms with Crippen molar-refractivity contribution in [3.05, 3.63) is 57.3 Å². The normalized spacial score (nSPS) is 18.4. The van der Waals surface area contributed by atoms with Crippen molar-refractivity contribution in [3.63, 3.8) is 0 Å². The van der Waals surface area contributed by atoms with E-state index in [4.69, 9.17) is 4.74 Å². The lowest BCUT2D eigenvalue weighted by Crippen LogP contribution is -2.38. The minimum atomic E-state index is -0.889. The third-order valence-corrected chi connectivity index (χ3v) is 6.47. The van der Waals surface area contributed by atoms with Gasteiger partial charge in [0.1, 0.15) is 24.7 Å². The fraction of sp³-hybridized carbons (Fsp3) is 0.409. The second-order valence-electron chi connectivity index (χ2n) is 8.53. The van der Waals surface area contributed by atoms with Crippen LogP contribution >= 0.6 is 0 Å². The van der Waals surface area contributed by atoms with Gasteiger partial charge in [-0.05, 0) is 12.1 Å². The molecule has 0 spiro atoms. The van der Waals surface area contributed by atoms with E-state index >= 15 is 0 Å². The van der Waals surface area contributed by atoms with Crippen LogP contribution in [0.3, 0.4) is 0 Å². The molecule has 4 aromatic rings. The number of carbonyl (C=O) groups excluding carboxylic acids is 1. The summed E-state index contributed by atoms with van der Waals surface area (Å²) >= 11 is 0. The number of hydrogen-bond donors (Lipinski definition) is 1. The maximum absolute atomic E-state index is 12.8. The summed E-state index contributed by atoms with van der Waals surface area (Å²) < 4.78 is 11.5. The van der Waals surface area contributed by atoms with Crippen molar-refractivity contribution < 1.29 is 14.6 Å². The minimum absolute atomic E-state index is 0.109. The molecular formula is C22H25N7O5. The molecule has 3 aromatic heterocycles. The largest absolute Gasteiger partial charge is 0.389 e. The first kappa shape index (κ1) is 22.0. The molecular weight excluding hydrogens is 442 g/mol. The molecule has 1 aromatic carbocycles. The van der Waals surface area contributed by atoms with Gasteiger partial charge in [-0.3, -0.25) is 18.7 Å². The number of aliphatic hydroxyl groups excluding tert-OH is 1. The molecule has 178 valence electrons. The monoisotopic (exact) mass is 467 g/mol. The Hall–Kier alpha value is -3.77. The predicted molar refractivity (Wildman–Crippen MR) is 122 cm³/mol. The van der Waals surface area contributed by atoms with E-state index < -0.39 is 23.4 Å². The summed E-state index contributed by atoms with van der Waals surface area (Å²) in [5, 5.41) is 10.7. The molecule has 0 aliphatic carbocycles. The van der Waals surface area contributed by atoms with E-state index in [-0.39, 0.29) is 37.7 Å². The van der Waals surface area contributed by atoms with Crippen molar-refractivity contribution in [2.45, 2.75) is 18.8 Å². The second kappa shape index (κ2) is 8.22. The lowest BCUT2D eigenvalue weighted by Gasteiger charge is -2.18. The van der Waals surface area contributed by atoms with E-state index in [9.17, 15) is 19.5 Å². The number of β-amino-alcohol motifs (C(OH)–C–C–N with tert-alkyl or cyclic N) is 1. The van der Waals surface area contributed by atoms with Crippen LogP contribution in [0.15, 0.2) is 40.2 Å². The van der Waals surface area contributed by atoms with Crippen LogP contribution in [0.25, 0.3) is 22.2 Å². The van der Waals surface area contributed by atoms with Gasteiger partial charge in [0.15, 0.2) is 5.52 Å². The smallest absolute Gasteiger partial charge is 0.332 e. The van der Waals surface area contributed by atoms with Gasteiger partial charge in [-0.2, -0.15) is 0 Å². The minimum Gasteiger partial charge on any atom is -0.389 e. The van der Waals surface area contributed by atoms with E-state index in [1.165, 1.54) is 22.8 Å². The van der Waals surface area contributed by atoms with Gasteiger partial charge in [0.05, 0.1) is 29.5 Å². The molecule has 4 heterocycles. The van der Waals surface area contributed by atoms with Crippen LogP contribution in [-0.2, 0) is 37.3 Å². The fourth-order valence-electron chi connectivity index (χ4n) is 4.53. The predicted octanol–water partition coefficient (Wildman–Crippen LogP) is -0.719. The number of hydrogen-bond acceptors (Lipinski definition) is 7. The average Bonchev–Trinajstić information content (AvgIpc) is 3.52. The molecule has 1 fully saturated rings. The zero-order valence-corrected chi connectivity index (χ0v) is 19.1. The van der Waals surface area contributed by atoms with Crippen LogP contribution in [0.2, 0.25) is 0 Å². The van der Waals surface area contributed by atoms with Crippen molar-refractivity contribution in [3.8, 4) is 0 Å². The highest BCUT2D eigenvalue weighted by molar-refractivity contribution is 5.78. The molecule has 0 radical (unpaired) electrons. The Balaban J connectivity index is 1.29. The number of carbonyl (C=O) groups is 1. The summed E-state index contributed by atoms with van der Waals surface area (Å²) in [4.78, 5) is 47.8. The number of aryl methyl sites for hydroxylation is 2. The molecule has 1 amide bonds. The van der Waals surface area contributed by atoms with Crippen LogP contribution in [0.5, 0.6) is 0 Å². The zero-order chi connectivity index (χ0) is 24.1. The number of imidazole rings is 2. The Kier molecular flexibility index (Phi) is 5.33. The summed E-state index contributed by atoms with van der Waals surface area (Å²) in [5.41, 5.74) is 1.28. The van der Waals surface area contributed by atoms with E-state index in [0.717, 1.165) is 15.6 Å². The first-order chi connectivity index (χ1) is 16.3. The molecule has 5 rings (SSSR count). The van der Waals surface area contributed by atoms with Crippen LogP contribution in [0.4, 0.5) is 0 Å². The molecule has 12 heteroatoms. The molecule has 34 heavy (non-hydrogen) atoms. The number of para-hydroxylation sites is 2. The van der Waals surface area contributed by atoms with Crippen LogP contribution in [-0.4, -0.2) is 70.0 Å². The number of fused-ring (bicyclic) bond motifs is 2.